The summed E-state index contributed by atoms with van der Waals surface area (Å²) < 4.78 is 22.4. The number of aromatic nitrogens is 2. The number of H-pyrrole nitrogens is 1. The second-order valence-corrected chi connectivity index (χ2v) is 7.88. The van der Waals surface area contributed by atoms with Crippen molar-refractivity contribution in [2.45, 2.75) is 24.2 Å². The third-order valence-corrected chi connectivity index (χ3v) is 5.18. The molecule has 0 unspecified atom stereocenters. The van der Waals surface area contributed by atoms with Crippen LogP contribution in [0.25, 0.3) is 11.0 Å². The fraction of sp³-hybridized carbons (Fsp3) is 0.211. The second kappa shape index (κ2) is 8.32. The summed E-state index contributed by atoms with van der Waals surface area (Å²) in [6, 6.07) is 13.4. The highest BCUT2D eigenvalue weighted by Crippen LogP contribution is 2.09. The van der Waals surface area contributed by atoms with Gasteiger partial charge in [-0.25, -0.2) is 18.5 Å². The number of carbonyl (C=O) groups excluding carboxylic acids is 1. The summed E-state index contributed by atoms with van der Waals surface area (Å²) in [6.07, 6.45) is 0.944. The number of para-hydroxylation sites is 2. The van der Waals surface area contributed by atoms with Crippen molar-refractivity contribution in [3.05, 3.63) is 70.1 Å². The molecular weight excluding hydrogens is 380 g/mol. The van der Waals surface area contributed by atoms with Crippen LogP contribution in [-0.4, -0.2) is 30.8 Å². The lowest BCUT2D eigenvalue weighted by Crippen LogP contribution is -2.27. The summed E-state index contributed by atoms with van der Waals surface area (Å²) in [6.45, 7) is 0.398. The molecule has 9 heteroatoms. The quantitative estimate of drug-likeness (QED) is 0.541. The molecule has 4 N–H and O–H groups in total. The zero-order valence-corrected chi connectivity index (χ0v) is 15.8. The van der Waals surface area contributed by atoms with Crippen molar-refractivity contribution in [2.24, 2.45) is 5.14 Å². The number of primary sulfonamides is 1. The molecule has 28 heavy (non-hydrogen) atoms. The van der Waals surface area contributed by atoms with Gasteiger partial charge in [-0.1, -0.05) is 24.3 Å². The molecule has 0 bridgehead atoms. The zero-order valence-electron chi connectivity index (χ0n) is 15.0. The molecule has 0 aliphatic heterocycles. The van der Waals surface area contributed by atoms with Gasteiger partial charge in [-0.2, -0.15) is 0 Å². The van der Waals surface area contributed by atoms with E-state index in [0.717, 1.165) is 5.56 Å². The topological polar surface area (TPSA) is 135 Å². The monoisotopic (exact) mass is 400 g/mol. The summed E-state index contributed by atoms with van der Waals surface area (Å²) in [5.74, 6) is -0.185. The fourth-order valence-electron chi connectivity index (χ4n) is 2.75. The molecule has 2 aromatic carbocycles. The van der Waals surface area contributed by atoms with E-state index in [2.05, 4.69) is 15.3 Å². The molecule has 1 aromatic heterocycles. The Hall–Kier alpha value is -3.04. The average molecular weight is 400 g/mol. The van der Waals surface area contributed by atoms with E-state index >= 15 is 0 Å². The molecule has 0 atom stereocenters. The number of aryl methyl sites for hydroxylation is 1. The van der Waals surface area contributed by atoms with Crippen LogP contribution in [0.1, 0.15) is 17.7 Å². The van der Waals surface area contributed by atoms with Crippen molar-refractivity contribution in [1.82, 2.24) is 15.3 Å². The fourth-order valence-corrected chi connectivity index (χ4v) is 3.26. The normalized spacial score (nSPS) is 11.5. The van der Waals surface area contributed by atoms with Crippen LogP contribution < -0.4 is 16.0 Å². The van der Waals surface area contributed by atoms with Crippen molar-refractivity contribution in [1.29, 1.82) is 0 Å². The van der Waals surface area contributed by atoms with E-state index in [1.807, 2.05) is 12.1 Å². The Bertz CT molecular complexity index is 1150. The van der Waals surface area contributed by atoms with Crippen LogP contribution in [0.4, 0.5) is 0 Å². The molecule has 0 aliphatic carbocycles. The third-order valence-electron chi connectivity index (χ3n) is 4.25. The van der Waals surface area contributed by atoms with Crippen LogP contribution >= 0.6 is 0 Å². The number of amides is 1. The second-order valence-electron chi connectivity index (χ2n) is 6.32. The number of sulfonamides is 1. The smallest absolute Gasteiger partial charge is 0.270 e. The molecule has 0 saturated heterocycles. The zero-order chi connectivity index (χ0) is 20.1. The minimum atomic E-state index is -3.71. The maximum absolute atomic E-state index is 12.0. The molecule has 0 radical (unpaired) electrons. The Labute approximate surface area is 161 Å². The minimum absolute atomic E-state index is 0.0494. The number of carbonyl (C=O) groups is 1. The number of hydrogen-bond acceptors (Lipinski definition) is 5. The molecule has 1 heterocycles. The van der Waals surface area contributed by atoms with Gasteiger partial charge in [0, 0.05) is 19.4 Å². The van der Waals surface area contributed by atoms with Crippen molar-refractivity contribution in [2.75, 3.05) is 6.54 Å². The number of nitrogens with two attached hydrogens (primary N) is 1. The Kier molecular flexibility index (Phi) is 5.86. The van der Waals surface area contributed by atoms with Gasteiger partial charge in [0.05, 0.1) is 15.9 Å². The molecule has 3 rings (SSSR count). The van der Waals surface area contributed by atoms with E-state index in [0.29, 0.717) is 29.7 Å². The number of nitrogens with one attached hydrogen (secondary N) is 2. The standard InChI is InChI=1S/C19H20N4O4S/c20-28(26,27)14-7-5-13(6-8-14)11-12-21-18(24)10-9-17-19(25)23-16-4-2-1-3-15(16)22-17/h1-8H,9-12H2,(H,21,24)(H,23,25)(H2,20,26,27). The predicted octanol–water partition coefficient (Wildman–Crippen LogP) is 0.862. The summed E-state index contributed by atoms with van der Waals surface area (Å²) in [5.41, 5.74) is 2.25. The number of hydrogen-bond donors (Lipinski definition) is 3. The first-order valence-corrected chi connectivity index (χ1v) is 10.2. The van der Waals surface area contributed by atoms with Gasteiger partial charge < -0.3 is 10.3 Å². The van der Waals surface area contributed by atoms with Crippen molar-refractivity contribution >= 4 is 27.0 Å². The molecule has 1 amide bonds. The average Bonchev–Trinajstić information content (AvgIpc) is 2.66. The first kappa shape index (κ1) is 19.7. The van der Waals surface area contributed by atoms with E-state index in [1.54, 1.807) is 24.3 Å². The maximum Gasteiger partial charge on any atom is 0.270 e. The summed E-state index contributed by atoms with van der Waals surface area (Å²) in [4.78, 5) is 31.2. The van der Waals surface area contributed by atoms with Crippen molar-refractivity contribution < 1.29 is 13.2 Å². The third kappa shape index (κ3) is 5.02. The lowest BCUT2D eigenvalue weighted by Gasteiger charge is -2.06. The van der Waals surface area contributed by atoms with Gasteiger partial charge in [0.1, 0.15) is 5.69 Å². The van der Waals surface area contributed by atoms with Crippen molar-refractivity contribution in [3.63, 3.8) is 0 Å². The number of fused-ring (bicyclic) bond motifs is 1. The van der Waals surface area contributed by atoms with E-state index in [9.17, 15) is 18.0 Å². The first-order chi connectivity index (χ1) is 13.3. The Morgan fingerprint density at radius 2 is 1.79 bits per heavy atom. The number of aromatic amines is 1. The van der Waals surface area contributed by atoms with Gasteiger partial charge in [0.25, 0.3) is 5.56 Å². The minimum Gasteiger partial charge on any atom is -0.356 e. The SMILES string of the molecule is NS(=O)(=O)c1ccc(CCNC(=O)CCc2nc3ccccc3[nH]c2=O)cc1. The lowest BCUT2D eigenvalue weighted by atomic mass is 10.1. The summed E-state index contributed by atoms with van der Waals surface area (Å²) >= 11 is 0. The molecule has 0 aliphatic rings. The van der Waals surface area contributed by atoms with Crippen LogP contribution in [0.2, 0.25) is 0 Å². The van der Waals surface area contributed by atoms with Gasteiger partial charge in [-0.15, -0.1) is 0 Å². The molecule has 0 fully saturated rings. The van der Waals surface area contributed by atoms with E-state index < -0.39 is 10.0 Å². The Balaban J connectivity index is 1.50. The van der Waals surface area contributed by atoms with Crippen LogP contribution in [-0.2, 0) is 27.7 Å². The first-order valence-electron chi connectivity index (χ1n) is 8.69. The van der Waals surface area contributed by atoms with Gasteiger partial charge in [-0.3, -0.25) is 9.59 Å². The summed E-state index contributed by atoms with van der Waals surface area (Å²) in [7, 11) is -3.71. The molecular formula is C19H20N4O4S. The van der Waals surface area contributed by atoms with E-state index in [1.165, 1.54) is 12.1 Å². The predicted molar refractivity (Wildman–Crippen MR) is 105 cm³/mol. The van der Waals surface area contributed by atoms with Crippen molar-refractivity contribution in [3.8, 4) is 0 Å². The van der Waals surface area contributed by atoms with Crippen LogP contribution in [0, 0.1) is 0 Å². The highest BCUT2D eigenvalue weighted by atomic mass is 32.2. The molecule has 0 saturated carbocycles. The molecule has 8 nitrogen and oxygen atoms in total. The Morgan fingerprint density at radius 3 is 2.50 bits per heavy atom. The summed E-state index contributed by atoms with van der Waals surface area (Å²) in [5, 5.41) is 7.84. The van der Waals surface area contributed by atoms with E-state index in [-0.39, 0.29) is 29.2 Å². The molecule has 0 spiro atoms. The number of benzene rings is 2. The molecule has 3 aromatic rings. The van der Waals surface area contributed by atoms with Crippen LogP contribution in [0.3, 0.4) is 0 Å². The number of rotatable bonds is 7. The highest BCUT2D eigenvalue weighted by Gasteiger charge is 2.09. The highest BCUT2D eigenvalue weighted by molar-refractivity contribution is 7.89. The van der Waals surface area contributed by atoms with Gasteiger partial charge in [-0.05, 0) is 36.2 Å². The van der Waals surface area contributed by atoms with Gasteiger partial charge >= 0.3 is 0 Å². The van der Waals surface area contributed by atoms with Crippen LogP contribution in [0.5, 0.6) is 0 Å². The van der Waals surface area contributed by atoms with E-state index in [4.69, 9.17) is 5.14 Å². The van der Waals surface area contributed by atoms with Gasteiger partial charge in [0.15, 0.2) is 0 Å². The van der Waals surface area contributed by atoms with Gasteiger partial charge in [0.2, 0.25) is 15.9 Å². The number of nitrogens with zero attached hydrogens (tertiary/aromatic N) is 1. The maximum atomic E-state index is 12.0. The van der Waals surface area contributed by atoms with Crippen LogP contribution in [0.15, 0.2) is 58.2 Å². The largest absolute Gasteiger partial charge is 0.356 e. The molecule has 146 valence electrons. The lowest BCUT2D eigenvalue weighted by molar-refractivity contribution is -0.121. The Morgan fingerprint density at radius 1 is 1.07 bits per heavy atom.